The van der Waals surface area contributed by atoms with E-state index >= 15 is 0 Å². The minimum atomic E-state index is -0.732. The van der Waals surface area contributed by atoms with Gasteiger partial charge in [-0.2, -0.15) is 0 Å². The van der Waals surface area contributed by atoms with Crippen molar-refractivity contribution in [3.05, 3.63) is 0 Å². The lowest BCUT2D eigenvalue weighted by molar-refractivity contribution is -0.0457. The number of ether oxygens (including phenoxy) is 1. The van der Waals surface area contributed by atoms with Crippen LogP contribution in [0.5, 0.6) is 0 Å². The number of aliphatic hydroxyl groups excluding tert-OH is 1. The largest absolute Gasteiger partial charge is 0.394 e. The van der Waals surface area contributed by atoms with Gasteiger partial charge in [-0.15, -0.1) is 0 Å². The topological polar surface area (TPSA) is 49.7 Å². The van der Waals surface area contributed by atoms with Crippen molar-refractivity contribution in [1.29, 1.82) is 0 Å². The Morgan fingerprint density at radius 2 is 2.09 bits per heavy atom. The summed E-state index contributed by atoms with van der Waals surface area (Å²) in [5, 5.41) is 17.9. The quantitative estimate of drug-likeness (QED) is 0.561. The molecule has 0 aliphatic carbocycles. The molecule has 0 saturated carbocycles. The highest BCUT2D eigenvalue weighted by Crippen LogP contribution is 2.11. The Bertz CT molecular complexity index is 91.3. The van der Waals surface area contributed by atoms with Gasteiger partial charge in [0, 0.05) is 0 Å². The van der Waals surface area contributed by atoms with E-state index in [4.69, 9.17) is 9.84 Å². The van der Waals surface area contributed by atoms with Crippen LogP contribution >= 0.6 is 0 Å². The van der Waals surface area contributed by atoms with Gasteiger partial charge in [-0.05, 0) is 13.3 Å². The maximum atomic E-state index is 9.53. The molecule has 0 aromatic carbocycles. The number of hydrogen-bond donors (Lipinski definition) is 2. The Morgan fingerprint density at radius 3 is 2.55 bits per heavy atom. The van der Waals surface area contributed by atoms with E-state index in [0.717, 1.165) is 12.8 Å². The van der Waals surface area contributed by atoms with Crippen molar-refractivity contribution in [3.8, 4) is 0 Å². The Kier molecular flexibility index (Phi) is 5.46. The van der Waals surface area contributed by atoms with Crippen LogP contribution in [0, 0.1) is 0 Å². The zero-order valence-corrected chi connectivity index (χ0v) is 7.34. The van der Waals surface area contributed by atoms with Gasteiger partial charge in [-0.1, -0.05) is 13.3 Å². The summed E-state index contributed by atoms with van der Waals surface area (Å²) in [7, 11) is 0. The van der Waals surface area contributed by atoms with Crippen molar-refractivity contribution in [2.75, 3.05) is 19.8 Å². The normalized spacial score (nSPS) is 16.4. The molecule has 11 heavy (non-hydrogen) atoms. The van der Waals surface area contributed by atoms with Crippen molar-refractivity contribution in [2.24, 2.45) is 0 Å². The summed E-state index contributed by atoms with van der Waals surface area (Å²) in [4.78, 5) is 0. The van der Waals surface area contributed by atoms with Crippen LogP contribution in [0.1, 0.15) is 26.7 Å². The molecular weight excluding hydrogens is 144 g/mol. The molecule has 0 amide bonds. The molecule has 0 aromatic rings. The zero-order valence-electron chi connectivity index (χ0n) is 7.34. The summed E-state index contributed by atoms with van der Waals surface area (Å²) in [5.41, 5.74) is -0.732. The smallest absolute Gasteiger partial charge is 0.0852 e. The molecule has 3 nitrogen and oxygen atoms in total. The molecule has 0 saturated heterocycles. The summed E-state index contributed by atoms with van der Waals surface area (Å²) < 4.78 is 5.00. The third-order valence-corrected chi connectivity index (χ3v) is 1.44. The first-order valence-corrected chi connectivity index (χ1v) is 4.03. The van der Waals surface area contributed by atoms with Gasteiger partial charge in [0.25, 0.3) is 0 Å². The molecule has 2 N–H and O–H groups in total. The highest BCUT2D eigenvalue weighted by molar-refractivity contribution is 4.70. The first-order valence-electron chi connectivity index (χ1n) is 4.03. The molecule has 0 aliphatic heterocycles. The summed E-state index contributed by atoms with van der Waals surface area (Å²) in [6, 6.07) is 0. The Hall–Kier alpha value is -0.120. The highest BCUT2D eigenvalue weighted by atomic mass is 16.5. The first kappa shape index (κ1) is 10.9. The lowest BCUT2D eigenvalue weighted by atomic mass is 10.0. The van der Waals surface area contributed by atoms with Gasteiger partial charge in [0.2, 0.25) is 0 Å². The highest BCUT2D eigenvalue weighted by Gasteiger charge is 2.18. The van der Waals surface area contributed by atoms with Crippen molar-refractivity contribution in [3.63, 3.8) is 0 Å². The van der Waals surface area contributed by atoms with E-state index in [9.17, 15) is 5.11 Å². The molecule has 3 heteroatoms. The second-order valence-electron chi connectivity index (χ2n) is 3.02. The maximum Gasteiger partial charge on any atom is 0.0852 e. The number of hydrogen-bond acceptors (Lipinski definition) is 3. The van der Waals surface area contributed by atoms with E-state index in [0.29, 0.717) is 13.2 Å². The van der Waals surface area contributed by atoms with Gasteiger partial charge in [0.15, 0.2) is 0 Å². The van der Waals surface area contributed by atoms with Gasteiger partial charge < -0.3 is 14.9 Å². The van der Waals surface area contributed by atoms with Gasteiger partial charge in [0.05, 0.1) is 25.4 Å². The van der Waals surface area contributed by atoms with Gasteiger partial charge in [-0.25, -0.2) is 0 Å². The van der Waals surface area contributed by atoms with Crippen molar-refractivity contribution < 1.29 is 14.9 Å². The van der Waals surface area contributed by atoms with E-state index in [1.54, 1.807) is 6.92 Å². The minimum Gasteiger partial charge on any atom is -0.394 e. The van der Waals surface area contributed by atoms with E-state index in [-0.39, 0.29) is 6.61 Å². The number of rotatable bonds is 6. The second kappa shape index (κ2) is 5.52. The lowest BCUT2D eigenvalue weighted by Gasteiger charge is -2.21. The number of aliphatic hydroxyl groups is 2. The third-order valence-electron chi connectivity index (χ3n) is 1.44. The standard InChI is InChI=1S/C8H18O3/c1-3-4-8(2,10)7-11-6-5-9/h9-10H,3-7H2,1-2H3. The van der Waals surface area contributed by atoms with Crippen LogP contribution in [-0.4, -0.2) is 35.6 Å². The lowest BCUT2D eigenvalue weighted by Crippen LogP contribution is -2.30. The first-order chi connectivity index (χ1) is 5.12. The van der Waals surface area contributed by atoms with E-state index < -0.39 is 5.60 Å². The van der Waals surface area contributed by atoms with Crippen LogP contribution in [0.25, 0.3) is 0 Å². The molecule has 0 fully saturated rings. The predicted octanol–water partition coefficient (Wildman–Crippen LogP) is 0.546. The Morgan fingerprint density at radius 1 is 1.45 bits per heavy atom. The molecule has 1 unspecified atom stereocenters. The molecule has 1 atom stereocenters. The molecule has 0 rings (SSSR count). The van der Waals surface area contributed by atoms with Crippen LogP contribution in [-0.2, 0) is 4.74 Å². The SMILES string of the molecule is CCCC(C)(O)COCCO. The summed E-state index contributed by atoms with van der Waals surface area (Å²) in [6.07, 6.45) is 1.67. The molecule has 0 bridgehead atoms. The van der Waals surface area contributed by atoms with E-state index in [1.165, 1.54) is 0 Å². The monoisotopic (exact) mass is 162 g/mol. The fraction of sp³-hybridized carbons (Fsp3) is 1.00. The molecule has 0 heterocycles. The van der Waals surface area contributed by atoms with Gasteiger partial charge in [0.1, 0.15) is 0 Å². The fourth-order valence-electron chi connectivity index (χ4n) is 0.967. The van der Waals surface area contributed by atoms with Crippen molar-refractivity contribution >= 4 is 0 Å². The second-order valence-corrected chi connectivity index (χ2v) is 3.02. The summed E-state index contributed by atoms with van der Waals surface area (Å²) in [5.74, 6) is 0. The Balaban J connectivity index is 3.38. The average molecular weight is 162 g/mol. The molecular formula is C8H18O3. The van der Waals surface area contributed by atoms with Gasteiger partial charge in [-0.3, -0.25) is 0 Å². The maximum absolute atomic E-state index is 9.53. The van der Waals surface area contributed by atoms with E-state index in [2.05, 4.69) is 0 Å². The molecule has 68 valence electrons. The van der Waals surface area contributed by atoms with Crippen molar-refractivity contribution in [1.82, 2.24) is 0 Å². The summed E-state index contributed by atoms with van der Waals surface area (Å²) in [6.45, 7) is 4.39. The third kappa shape index (κ3) is 6.28. The van der Waals surface area contributed by atoms with Crippen LogP contribution in [0.2, 0.25) is 0 Å². The van der Waals surface area contributed by atoms with Crippen LogP contribution < -0.4 is 0 Å². The Labute approximate surface area is 68.0 Å². The fourth-order valence-corrected chi connectivity index (χ4v) is 0.967. The van der Waals surface area contributed by atoms with Crippen LogP contribution in [0.4, 0.5) is 0 Å². The average Bonchev–Trinajstić information content (AvgIpc) is 1.87. The summed E-state index contributed by atoms with van der Waals surface area (Å²) >= 11 is 0. The predicted molar refractivity (Wildman–Crippen MR) is 43.4 cm³/mol. The molecule has 0 aliphatic rings. The minimum absolute atomic E-state index is 0.0161. The molecule has 0 aromatic heterocycles. The van der Waals surface area contributed by atoms with Crippen LogP contribution in [0.15, 0.2) is 0 Å². The molecule has 0 radical (unpaired) electrons. The zero-order chi connectivity index (χ0) is 8.74. The molecule has 0 spiro atoms. The van der Waals surface area contributed by atoms with E-state index in [1.807, 2.05) is 6.92 Å². The van der Waals surface area contributed by atoms with Crippen LogP contribution in [0.3, 0.4) is 0 Å². The van der Waals surface area contributed by atoms with Crippen molar-refractivity contribution in [2.45, 2.75) is 32.3 Å². The van der Waals surface area contributed by atoms with Gasteiger partial charge >= 0.3 is 0 Å².